The van der Waals surface area contributed by atoms with E-state index in [4.69, 9.17) is 19.2 Å². The van der Waals surface area contributed by atoms with Crippen LogP contribution in [0.5, 0.6) is 0 Å². The zero-order valence-corrected chi connectivity index (χ0v) is 13.6. The van der Waals surface area contributed by atoms with Gasteiger partial charge in [-0.1, -0.05) is 18.2 Å². The number of nitrogens with zero attached hydrogens (tertiary/aromatic N) is 2. The van der Waals surface area contributed by atoms with Crippen LogP contribution in [0.1, 0.15) is 22.5 Å². The summed E-state index contributed by atoms with van der Waals surface area (Å²) < 4.78 is 15.7. The third kappa shape index (κ3) is 3.91. The van der Waals surface area contributed by atoms with Crippen LogP contribution >= 0.6 is 0 Å². The molecule has 1 aromatic heterocycles. The van der Waals surface area contributed by atoms with Gasteiger partial charge < -0.3 is 18.8 Å². The smallest absolute Gasteiger partial charge is 0.375 e. The SMILES string of the molecule is COCc1c(C(=O)OCC(=O)N(C)CCC#N)oc2ccccc12. The van der Waals surface area contributed by atoms with Gasteiger partial charge in [-0.2, -0.15) is 5.26 Å². The molecule has 1 heterocycles. The number of hydrogen-bond acceptors (Lipinski definition) is 6. The molecule has 0 saturated heterocycles. The summed E-state index contributed by atoms with van der Waals surface area (Å²) in [5, 5.41) is 9.28. The highest BCUT2D eigenvalue weighted by atomic mass is 16.5. The molecule has 0 N–H and O–H groups in total. The summed E-state index contributed by atoms with van der Waals surface area (Å²) in [4.78, 5) is 25.4. The number of para-hydroxylation sites is 1. The Morgan fingerprint density at radius 1 is 1.33 bits per heavy atom. The summed E-state index contributed by atoms with van der Waals surface area (Å²) in [6, 6.07) is 9.15. The zero-order valence-electron chi connectivity index (χ0n) is 13.6. The van der Waals surface area contributed by atoms with Gasteiger partial charge in [-0.15, -0.1) is 0 Å². The van der Waals surface area contributed by atoms with E-state index in [1.165, 1.54) is 12.0 Å². The van der Waals surface area contributed by atoms with E-state index >= 15 is 0 Å². The Morgan fingerprint density at radius 3 is 2.79 bits per heavy atom. The lowest BCUT2D eigenvalue weighted by Gasteiger charge is -2.15. The second-order valence-corrected chi connectivity index (χ2v) is 5.14. The van der Waals surface area contributed by atoms with Crippen molar-refractivity contribution in [2.24, 2.45) is 0 Å². The monoisotopic (exact) mass is 330 g/mol. The van der Waals surface area contributed by atoms with Crippen molar-refractivity contribution >= 4 is 22.8 Å². The molecule has 0 bridgehead atoms. The molecule has 0 spiro atoms. The first-order chi connectivity index (χ1) is 11.6. The summed E-state index contributed by atoms with van der Waals surface area (Å²) in [5.41, 5.74) is 1.14. The van der Waals surface area contributed by atoms with Gasteiger partial charge in [-0.25, -0.2) is 4.79 Å². The van der Waals surface area contributed by atoms with Gasteiger partial charge in [0.25, 0.3) is 5.91 Å². The molecular weight excluding hydrogens is 312 g/mol. The Hall–Kier alpha value is -2.85. The third-order valence-corrected chi connectivity index (χ3v) is 3.48. The molecule has 2 rings (SSSR count). The number of methoxy groups -OCH3 is 1. The molecule has 24 heavy (non-hydrogen) atoms. The molecule has 0 aliphatic rings. The average molecular weight is 330 g/mol. The molecule has 0 aliphatic carbocycles. The summed E-state index contributed by atoms with van der Waals surface area (Å²) in [6.45, 7) is 0.0636. The molecule has 0 unspecified atom stereocenters. The highest BCUT2D eigenvalue weighted by Crippen LogP contribution is 2.27. The van der Waals surface area contributed by atoms with E-state index in [9.17, 15) is 9.59 Å². The van der Waals surface area contributed by atoms with Gasteiger partial charge in [-0.3, -0.25) is 4.79 Å². The quantitative estimate of drug-likeness (QED) is 0.722. The van der Waals surface area contributed by atoms with Crippen molar-refractivity contribution in [1.82, 2.24) is 4.90 Å². The van der Waals surface area contributed by atoms with E-state index in [0.717, 1.165) is 5.39 Å². The number of benzene rings is 1. The number of rotatable bonds is 7. The van der Waals surface area contributed by atoms with Crippen molar-refractivity contribution in [1.29, 1.82) is 5.26 Å². The van der Waals surface area contributed by atoms with Gasteiger partial charge in [0.15, 0.2) is 6.61 Å². The number of carbonyl (C=O) groups is 2. The van der Waals surface area contributed by atoms with E-state index in [-0.39, 0.29) is 31.2 Å². The summed E-state index contributed by atoms with van der Waals surface area (Å²) in [7, 11) is 3.07. The maximum atomic E-state index is 12.3. The Labute approximate surface area is 139 Å². The lowest BCUT2D eigenvalue weighted by atomic mass is 10.1. The molecule has 1 aromatic carbocycles. The number of nitriles is 1. The lowest BCUT2D eigenvalue weighted by Crippen LogP contribution is -2.32. The Bertz CT molecular complexity index is 775. The normalized spacial score (nSPS) is 10.4. The predicted octanol–water partition coefficient (Wildman–Crippen LogP) is 2.11. The van der Waals surface area contributed by atoms with Crippen LogP contribution in [0, 0.1) is 11.3 Å². The number of esters is 1. The summed E-state index contributed by atoms with van der Waals surface area (Å²) in [5.74, 6) is -1.08. The number of likely N-dealkylation sites (N-methyl/N-ethyl adjacent to an activating group) is 1. The summed E-state index contributed by atoms with van der Waals surface area (Å²) in [6.07, 6.45) is 0.220. The minimum atomic E-state index is -0.722. The van der Waals surface area contributed by atoms with Crippen molar-refractivity contribution in [3.05, 3.63) is 35.6 Å². The maximum absolute atomic E-state index is 12.3. The van der Waals surface area contributed by atoms with Crippen LogP contribution in [-0.2, 0) is 20.9 Å². The minimum absolute atomic E-state index is 0.0329. The van der Waals surface area contributed by atoms with Crippen molar-refractivity contribution in [3.63, 3.8) is 0 Å². The molecule has 0 radical (unpaired) electrons. The number of furan rings is 1. The standard InChI is InChI=1S/C17H18N2O5/c1-19(9-5-8-18)15(20)11-23-17(21)16-13(10-22-2)12-6-3-4-7-14(12)24-16/h3-4,6-7H,5,9-11H2,1-2H3. The fourth-order valence-corrected chi connectivity index (χ4v) is 2.20. The number of ether oxygens (including phenoxy) is 2. The van der Waals surface area contributed by atoms with Gasteiger partial charge >= 0.3 is 5.97 Å². The zero-order chi connectivity index (χ0) is 17.5. The van der Waals surface area contributed by atoms with Crippen LogP contribution in [0.3, 0.4) is 0 Å². The number of amides is 1. The average Bonchev–Trinajstić information content (AvgIpc) is 2.96. The van der Waals surface area contributed by atoms with Crippen molar-refractivity contribution < 1.29 is 23.5 Å². The Balaban J connectivity index is 2.10. The first-order valence-corrected chi connectivity index (χ1v) is 7.35. The van der Waals surface area contributed by atoms with Crippen LogP contribution in [-0.4, -0.2) is 44.1 Å². The number of hydrogen-bond donors (Lipinski definition) is 0. The number of carbonyl (C=O) groups excluding carboxylic acids is 2. The maximum Gasteiger partial charge on any atom is 0.375 e. The fraction of sp³-hybridized carbons (Fsp3) is 0.353. The first-order valence-electron chi connectivity index (χ1n) is 7.35. The van der Waals surface area contributed by atoms with Crippen molar-refractivity contribution in [2.75, 3.05) is 27.3 Å². The first kappa shape index (κ1) is 17.5. The Kier molecular flexibility index (Phi) is 5.93. The molecular formula is C17H18N2O5. The van der Waals surface area contributed by atoms with Crippen LogP contribution < -0.4 is 0 Å². The van der Waals surface area contributed by atoms with Crippen molar-refractivity contribution in [3.8, 4) is 6.07 Å². The van der Waals surface area contributed by atoms with E-state index < -0.39 is 12.6 Å². The highest BCUT2D eigenvalue weighted by Gasteiger charge is 2.23. The molecule has 0 atom stereocenters. The number of fused-ring (bicyclic) bond motifs is 1. The second kappa shape index (κ2) is 8.13. The van der Waals surface area contributed by atoms with Crippen LogP contribution in [0.25, 0.3) is 11.0 Å². The van der Waals surface area contributed by atoms with E-state index in [0.29, 0.717) is 11.1 Å². The van der Waals surface area contributed by atoms with Gasteiger partial charge in [0, 0.05) is 31.7 Å². The predicted molar refractivity (Wildman–Crippen MR) is 85.1 cm³/mol. The van der Waals surface area contributed by atoms with Gasteiger partial charge in [0.2, 0.25) is 5.76 Å². The van der Waals surface area contributed by atoms with Gasteiger partial charge in [0.05, 0.1) is 19.1 Å². The van der Waals surface area contributed by atoms with Gasteiger partial charge in [0.1, 0.15) is 5.58 Å². The third-order valence-electron chi connectivity index (χ3n) is 3.48. The Morgan fingerprint density at radius 2 is 2.08 bits per heavy atom. The van der Waals surface area contributed by atoms with Crippen LogP contribution in [0.4, 0.5) is 0 Å². The lowest BCUT2D eigenvalue weighted by molar-refractivity contribution is -0.133. The van der Waals surface area contributed by atoms with Gasteiger partial charge in [-0.05, 0) is 6.07 Å². The minimum Gasteiger partial charge on any atom is -0.450 e. The van der Waals surface area contributed by atoms with E-state index in [1.54, 1.807) is 19.2 Å². The van der Waals surface area contributed by atoms with Crippen LogP contribution in [0.2, 0.25) is 0 Å². The molecule has 126 valence electrons. The fourth-order valence-electron chi connectivity index (χ4n) is 2.20. The molecule has 0 fully saturated rings. The molecule has 7 nitrogen and oxygen atoms in total. The topological polar surface area (TPSA) is 92.8 Å². The largest absolute Gasteiger partial charge is 0.450 e. The second-order valence-electron chi connectivity index (χ2n) is 5.14. The molecule has 7 heteroatoms. The summed E-state index contributed by atoms with van der Waals surface area (Å²) >= 11 is 0. The molecule has 0 aliphatic heterocycles. The molecule has 1 amide bonds. The van der Waals surface area contributed by atoms with E-state index in [1.807, 2.05) is 18.2 Å². The van der Waals surface area contributed by atoms with Crippen LogP contribution in [0.15, 0.2) is 28.7 Å². The van der Waals surface area contributed by atoms with E-state index in [2.05, 4.69) is 0 Å². The molecule has 0 saturated carbocycles. The van der Waals surface area contributed by atoms with Crippen molar-refractivity contribution in [2.45, 2.75) is 13.0 Å². The highest BCUT2D eigenvalue weighted by molar-refractivity contribution is 5.96. The molecule has 2 aromatic rings.